The van der Waals surface area contributed by atoms with E-state index in [1.807, 2.05) is 6.20 Å². The van der Waals surface area contributed by atoms with E-state index in [0.29, 0.717) is 5.82 Å². The Bertz CT molecular complexity index is 368. The Morgan fingerprint density at radius 3 is 2.58 bits per heavy atom. The van der Waals surface area contributed by atoms with Gasteiger partial charge in [-0.05, 0) is 31.7 Å². The second-order valence-electron chi connectivity index (χ2n) is 6.02. The predicted octanol–water partition coefficient (Wildman–Crippen LogP) is 2.85. The summed E-state index contributed by atoms with van der Waals surface area (Å²) in [5, 5.41) is 0. The van der Waals surface area contributed by atoms with Crippen LogP contribution in [-0.4, -0.2) is 27.5 Å². The van der Waals surface area contributed by atoms with E-state index in [-0.39, 0.29) is 0 Å². The van der Waals surface area contributed by atoms with Gasteiger partial charge in [-0.25, -0.2) is 4.98 Å². The van der Waals surface area contributed by atoms with Crippen LogP contribution >= 0.6 is 0 Å². The third kappa shape index (κ3) is 4.46. The van der Waals surface area contributed by atoms with Gasteiger partial charge in [-0.3, -0.25) is 9.88 Å². The minimum atomic E-state index is 0.498. The summed E-state index contributed by atoms with van der Waals surface area (Å²) in [4.78, 5) is 11.1. The summed E-state index contributed by atoms with van der Waals surface area (Å²) in [6, 6.07) is 0.734. The summed E-state index contributed by atoms with van der Waals surface area (Å²) < 4.78 is 0. The minimum Gasteiger partial charge on any atom is -0.382 e. The van der Waals surface area contributed by atoms with E-state index >= 15 is 0 Å². The molecule has 2 N–H and O–H groups in total. The molecular weight excluding hydrogens is 236 g/mol. The molecule has 1 aromatic rings. The van der Waals surface area contributed by atoms with Crippen LogP contribution in [0.3, 0.4) is 0 Å². The van der Waals surface area contributed by atoms with Gasteiger partial charge in [0.1, 0.15) is 5.82 Å². The lowest BCUT2D eigenvalue weighted by molar-refractivity contribution is 0.177. The van der Waals surface area contributed by atoms with Gasteiger partial charge >= 0.3 is 0 Å². The molecule has 1 aliphatic carbocycles. The van der Waals surface area contributed by atoms with Crippen LogP contribution in [0.1, 0.15) is 51.6 Å². The number of anilines is 1. The van der Waals surface area contributed by atoms with Gasteiger partial charge in [-0.15, -0.1) is 0 Å². The molecule has 1 heterocycles. The molecule has 1 aliphatic rings. The van der Waals surface area contributed by atoms with Crippen LogP contribution in [0.4, 0.5) is 5.82 Å². The van der Waals surface area contributed by atoms with Gasteiger partial charge in [0.05, 0.1) is 18.1 Å². The molecule has 0 aromatic carbocycles. The summed E-state index contributed by atoms with van der Waals surface area (Å²) in [5.74, 6) is 1.25. The first-order valence-electron chi connectivity index (χ1n) is 7.45. The molecule has 0 aliphatic heterocycles. The average Bonchev–Trinajstić information content (AvgIpc) is 2.90. The Hall–Kier alpha value is -1.16. The number of rotatable bonds is 6. The van der Waals surface area contributed by atoms with Crippen molar-refractivity contribution in [2.75, 3.05) is 12.3 Å². The van der Waals surface area contributed by atoms with E-state index in [4.69, 9.17) is 5.73 Å². The van der Waals surface area contributed by atoms with E-state index in [1.165, 1.54) is 32.1 Å². The van der Waals surface area contributed by atoms with Gasteiger partial charge in [0.25, 0.3) is 0 Å². The van der Waals surface area contributed by atoms with Gasteiger partial charge in [-0.1, -0.05) is 26.7 Å². The van der Waals surface area contributed by atoms with Gasteiger partial charge < -0.3 is 5.73 Å². The topological polar surface area (TPSA) is 55.0 Å². The van der Waals surface area contributed by atoms with Gasteiger partial charge in [0, 0.05) is 12.6 Å². The standard InChI is InChI=1S/C15H26N4/c1-12(2)7-8-19(14-5-3-4-6-14)11-13-9-18-15(16)10-17-13/h9-10,12,14H,3-8,11H2,1-2H3,(H2,16,18). The fourth-order valence-corrected chi connectivity index (χ4v) is 2.74. The molecular formula is C15H26N4. The molecule has 1 aromatic heterocycles. The summed E-state index contributed by atoms with van der Waals surface area (Å²) in [7, 11) is 0. The number of nitrogen functional groups attached to an aromatic ring is 1. The lowest BCUT2D eigenvalue weighted by Crippen LogP contribution is -2.34. The van der Waals surface area contributed by atoms with Crippen LogP contribution in [0.2, 0.25) is 0 Å². The van der Waals surface area contributed by atoms with Crippen molar-refractivity contribution >= 4 is 5.82 Å². The van der Waals surface area contributed by atoms with Crippen LogP contribution in [0.15, 0.2) is 12.4 Å². The average molecular weight is 262 g/mol. The zero-order valence-corrected chi connectivity index (χ0v) is 12.2. The third-order valence-corrected chi connectivity index (χ3v) is 3.93. The van der Waals surface area contributed by atoms with Crippen molar-refractivity contribution in [3.8, 4) is 0 Å². The zero-order valence-electron chi connectivity index (χ0n) is 12.2. The first-order valence-corrected chi connectivity index (χ1v) is 7.45. The van der Waals surface area contributed by atoms with Crippen molar-refractivity contribution in [3.05, 3.63) is 18.1 Å². The molecule has 0 unspecified atom stereocenters. The first-order chi connectivity index (χ1) is 9.15. The van der Waals surface area contributed by atoms with E-state index in [2.05, 4.69) is 28.7 Å². The summed E-state index contributed by atoms with van der Waals surface area (Å²) in [6.07, 6.45) is 10.1. The maximum atomic E-state index is 5.59. The van der Waals surface area contributed by atoms with Crippen LogP contribution < -0.4 is 5.73 Å². The van der Waals surface area contributed by atoms with Crippen molar-refractivity contribution in [2.45, 2.75) is 58.5 Å². The molecule has 1 fully saturated rings. The Kier molecular flexibility index (Phi) is 5.14. The Morgan fingerprint density at radius 2 is 2.00 bits per heavy atom. The third-order valence-electron chi connectivity index (χ3n) is 3.93. The number of nitrogens with zero attached hydrogens (tertiary/aromatic N) is 3. The number of hydrogen-bond acceptors (Lipinski definition) is 4. The van der Waals surface area contributed by atoms with E-state index < -0.39 is 0 Å². The molecule has 2 rings (SSSR count). The lowest BCUT2D eigenvalue weighted by atomic mass is 10.1. The highest BCUT2D eigenvalue weighted by Gasteiger charge is 2.22. The smallest absolute Gasteiger partial charge is 0.141 e. The molecule has 106 valence electrons. The van der Waals surface area contributed by atoms with Crippen LogP contribution in [0.5, 0.6) is 0 Å². The Labute approximate surface area is 116 Å². The molecule has 0 saturated heterocycles. The molecule has 0 atom stereocenters. The Balaban J connectivity index is 1.97. The van der Waals surface area contributed by atoms with Crippen molar-refractivity contribution < 1.29 is 0 Å². The lowest BCUT2D eigenvalue weighted by Gasteiger charge is -2.29. The first kappa shape index (κ1) is 14.3. The maximum absolute atomic E-state index is 5.59. The van der Waals surface area contributed by atoms with Crippen molar-refractivity contribution in [1.29, 1.82) is 0 Å². The molecule has 19 heavy (non-hydrogen) atoms. The molecule has 0 spiro atoms. The highest BCUT2D eigenvalue weighted by atomic mass is 15.2. The molecule has 0 bridgehead atoms. The predicted molar refractivity (Wildman–Crippen MR) is 78.6 cm³/mol. The highest BCUT2D eigenvalue weighted by molar-refractivity contribution is 5.22. The highest BCUT2D eigenvalue weighted by Crippen LogP contribution is 2.25. The molecule has 0 radical (unpaired) electrons. The van der Waals surface area contributed by atoms with Crippen LogP contribution in [0, 0.1) is 5.92 Å². The quantitative estimate of drug-likeness (QED) is 0.856. The molecule has 0 amide bonds. The van der Waals surface area contributed by atoms with Gasteiger partial charge in [0.15, 0.2) is 0 Å². The fourth-order valence-electron chi connectivity index (χ4n) is 2.74. The van der Waals surface area contributed by atoms with E-state index in [9.17, 15) is 0 Å². The normalized spacial score (nSPS) is 16.6. The fraction of sp³-hybridized carbons (Fsp3) is 0.733. The minimum absolute atomic E-state index is 0.498. The van der Waals surface area contributed by atoms with Crippen LogP contribution in [0.25, 0.3) is 0 Å². The van der Waals surface area contributed by atoms with Crippen LogP contribution in [-0.2, 0) is 6.54 Å². The van der Waals surface area contributed by atoms with Crippen molar-refractivity contribution in [1.82, 2.24) is 14.9 Å². The largest absolute Gasteiger partial charge is 0.382 e. The monoisotopic (exact) mass is 262 g/mol. The number of hydrogen-bond donors (Lipinski definition) is 1. The second-order valence-corrected chi connectivity index (χ2v) is 6.02. The van der Waals surface area contributed by atoms with Crippen molar-refractivity contribution in [2.24, 2.45) is 5.92 Å². The Morgan fingerprint density at radius 1 is 1.26 bits per heavy atom. The van der Waals surface area contributed by atoms with E-state index in [0.717, 1.165) is 30.7 Å². The SMILES string of the molecule is CC(C)CCN(Cc1cnc(N)cn1)C1CCCC1. The molecule has 1 saturated carbocycles. The maximum Gasteiger partial charge on any atom is 0.141 e. The number of aromatic nitrogens is 2. The summed E-state index contributed by atoms with van der Waals surface area (Å²) >= 11 is 0. The molecule has 4 nitrogen and oxygen atoms in total. The van der Waals surface area contributed by atoms with Crippen molar-refractivity contribution in [3.63, 3.8) is 0 Å². The zero-order chi connectivity index (χ0) is 13.7. The summed E-state index contributed by atoms with van der Waals surface area (Å²) in [6.45, 7) is 6.64. The number of nitrogens with two attached hydrogens (primary N) is 1. The molecule has 4 heteroatoms. The van der Waals surface area contributed by atoms with Gasteiger partial charge in [-0.2, -0.15) is 0 Å². The van der Waals surface area contributed by atoms with E-state index in [1.54, 1.807) is 6.20 Å². The second kappa shape index (κ2) is 6.85. The van der Waals surface area contributed by atoms with Gasteiger partial charge in [0.2, 0.25) is 0 Å². The summed E-state index contributed by atoms with van der Waals surface area (Å²) in [5.41, 5.74) is 6.62.